The van der Waals surface area contributed by atoms with Crippen LogP contribution in [0.25, 0.3) is 11.1 Å². The van der Waals surface area contributed by atoms with Crippen molar-refractivity contribution in [2.45, 2.75) is 38.1 Å². The summed E-state index contributed by atoms with van der Waals surface area (Å²) in [7, 11) is 0. The van der Waals surface area contributed by atoms with Crippen molar-refractivity contribution < 1.29 is 24.2 Å². The van der Waals surface area contributed by atoms with E-state index in [2.05, 4.69) is 34.9 Å². The van der Waals surface area contributed by atoms with Crippen molar-refractivity contribution in [2.24, 2.45) is 0 Å². The lowest BCUT2D eigenvalue weighted by molar-refractivity contribution is -0.134. The number of carbonyl (C=O) groups is 3. The van der Waals surface area contributed by atoms with E-state index >= 15 is 0 Å². The topological polar surface area (TPSA) is 105 Å². The van der Waals surface area contributed by atoms with E-state index in [1.54, 1.807) is 6.92 Å². The van der Waals surface area contributed by atoms with Gasteiger partial charge in [-0.2, -0.15) is 0 Å². The summed E-state index contributed by atoms with van der Waals surface area (Å²) in [5, 5.41) is 14.2. The standard InChI is InChI=1S/C25H30N2O5S/c1-3-12-25(2,23(30)26-13-14-33-16-22(28)29)27-24(31)32-15-21-19-10-6-4-8-17(19)18-9-5-7-11-20(18)21/h4-11,21H,3,12-16H2,1-2H3,(H,26,30)(H,27,31)(H,28,29). The molecule has 0 radical (unpaired) electrons. The maximum Gasteiger partial charge on any atom is 0.408 e. The molecule has 1 unspecified atom stereocenters. The molecule has 3 rings (SSSR count). The molecular formula is C25H30N2O5S. The predicted molar refractivity (Wildman–Crippen MR) is 129 cm³/mol. The molecule has 0 bridgehead atoms. The third-order valence-electron chi connectivity index (χ3n) is 5.73. The average Bonchev–Trinajstić information content (AvgIpc) is 3.11. The van der Waals surface area contributed by atoms with E-state index in [-0.39, 0.29) is 24.2 Å². The van der Waals surface area contributed by atoms with Crippen LogP contribution in [0.5, 0.6) is 0 Å². The van der Waals surface area contributed by atoms with Crippen LogP contribution in [0, 0.1) is 0 Å². The third kappa shape index (κ3) is 6.07. The molecule has 0 aliphatic heterocycles. The minimum Gasteiger partial charge on any atom is -0.481 e. The number of fused-ring (bicyclic) bond motifs is 3. The van der Waals surface area contributed by atoms with Crippen molar-refractivity contribution >= 4 is 29.7 Å². The van der Waals surface area contributed by atoms with E-state index < -0.39 is 17.6 Å². The lowest BCUT2D eigenvalue weighted by Crippen LogP contribution is -2.57. The number of carbonyl (C=O) groups excluding carboxylic acids is 2. The van der Waals surface area contributed by atoms with E-state index in [4.69, 9.17) is 9.84 Å². The smallest absolute Gasteiger partial charge is 0.408 e. The van der Waals surface area contributed by atoms with E-state index in [9.17, 15) is 14.4 Å². The molecule has 7 nitrogen and oxygen atoms in total. The second-order valence-corrected chi connectivity index (χ2v) is 9.34. The summed E-state index contributed by atoms with van der Waals surface area (Å²) >= 11 is 1.23. The summed E-state index contributed by atoms with van der Waals surface area (Å²) in [6.07, 6.45) is 0.510. The van der Waals surface area contributed by atoms with Crippen molar-refractivity contribution in [3.63, 3.8) is 0 Å². The zero-order chi connectivity index (χ0) is 23.8. The SMILES string of the molecule is CCCC(C)(NC(=O)OCC1c2ccccc2-c2ccccc21)C(=O)NCCSCC(=O)O. The highest BCUT2D eigenvalue weighted by Crippen LogP contribution is 2.44. The van der Waals surface area contributed by atoms with Crippen LogP contribution in [0.15, 0.2) is 48.5 Å². The number of rotatable bonds is 11. The molecule has 0 saturated heterocycles. The number of hydrogen-bond donors (Lipinski definition) is 3. The largest absolute Gasteiger partial charge is 0.481 e. The van der Waals surface area contributed by atoms with Crippen molar-refractivity contribution in [1.29, 1.82) is 0 Å². The minimum atomic E-state index is -1.12. The van der Waals surface area contributed by atoms with Gasteiger partial charge in [0.2, 0.25) is 5.91 Å². The van der Waals surface area contributed by atoms with Gasteiger partial charge in [0.1, 0.15) is 12.1 Å². The molecule has 1 aliphatic rings. The maximum absolute atomic E-state index is 12.8. The number of ether oxygens (including phenoxy) is 1. The molecule has 1 aliphatic carbocycles. The minimum absolute atomic E-state index is 0.0138. The number of nitrogens with one attached hydrogen (secondary N) is 2. The molecule has 0 heterocycles. The van der Waals surface area contributed by atoms with Crippen LogP contribution >= 0.6 is 11.8 Å². The highest BCUT2D eigenvalue weighted by atomic mass is 32.2. The average molecular weight is 471 g/mol. The van der Waals surface area contributed by atoms with Gasteiger partial charge in [0.15, 0.2) is 0 Å². The number of carboxylic acids is 1. The molecule has 33 heavy (non-hydrogen) atoms. The zero-order valence-electron chi connectivity index (χ0n) is 18.9. The first-order chi connectivity index (χ1) is 15.9. The predicted octanol–water partition coefficient (Wildman–Crippen LogP) is 4.02. The Morgan fingerprint density at radius 2 is 1.67 bits per heavy atom. The first kappa shape index (κ1) is 24.6. The lowest BCUT2D eigenvalue weighted by atomic mass is 9.95. The Hall–Kier alpha value is -3.00. The molecule has 0 aromatic heterocycles. The van der Waals surface area contributed by atoms with E-state index in [1.807, 2.05) is 31.2 Å². The number of benzene rings is 2. The Morgan fingerprint density at radius 1 is 1.06 bits per heavy atom. The number of amides is 2. The first-order valence-corrected chi connectivity index (χ1v) is 12.2. The van der Waals surface area contributed by atoms with E-state index in [1.165, 1.54) is 11.8 Å². The lowest BCUT2D eigenvalue weighted by Gasteiger charge is -2.29. The normalized spacial score (nSPS) is 14.0. The molecule has 2 amide bonds. The van der Waals surface area contributed by atoms with Gasteiger partial charge in [-0.1, -0.05) is 61.9 Å². The summed E-state index contributed by atoms with van der Waals surface area (Å²) in [6.45, 7) is 4.11. The van der Waals surface area contributed by atoms with Crippen LogP contribution in [0.3, 0.4) is 0 Å². The van der Waals surface area contributed by atoms with Crippen LogP contribution in [0.4, 0.5) is 4.79 Å². The van der Waals surface area contributed by atoms with Gasteiger partial charge in [0.05, 0.1) is 5.75 Å². The molecule has 176 valence electrons. The van der Waals surface area contributed by atoms with Crippen molar-refractivity contribution in [1.82, 2.24) is 10.6 Å². The van der Waals surface area contributed by atoms with E-state index in [0.717, 1.165) is 22.3 Å². The Morgan fingerprint density at radius 3 is 2.24 bits per heavy atom. The zero-order valence-corrected chi connectivity index (χ0v) is 19.7. The molecule has 2 aromatic carbocycles. The van der Waals surface area contributed by atoms with Crippen LogP contribution < -0.4 is 10.6 Å². The van der Waals surface area contributed by atoms with Gasteiger partial charge in [0, 0.05) is 18.2 Å². The second kappa shape index (κ2) is 11.2. The Labute approximate surface area is 198 Å². The van der Waals surface area contributed by atoms with Crippen molar-refractivity contribution in [2.75, 3.05) is 24.7 Å². The van der Waals surface area contributed by atoms with Gasteiger partial charge in [-0.25, -0.2) is 4.79 Å². The van der Waals surface area contributed by atoms with Crippen LogP contribution in [0.2, 0.25) is 0 Å². The molecule has 0 saturated carbocycles. The van der Waals surface area contributed by atoms with Crippen molar-refractivity contribution in [3.05, 3.63) is 59.7 Å². The van der Waals surface area contributed by atoms with Crippen LogP contribution in [-0.4, -0.2) is 53.3 Å². The van der Waals surface area contributed by atoms with Gasteiger partial charge in [-0.3, -0.25) is 9.59 Å². The molecule has 3 N–H and O–H groups in total. The Balaban J connectivity index is 1.59. The number of thioether (sulfide) groups is 1. The Bertz CT molecular complexity index is 966. The number of hydrogen-bond acceptors (Lipinski definition) is 5. The number of alkyl carbamates (subject to hydrolysis) is 1. The van der Waals surface area contributed by atoms with Crippen LogP contribution in [-0.2, 0) is 14.3 Å². The fraction of sp³-hybridized carbons (Fsp3) is 0.400. The molecule has 0 fully saturated rings. The fourth-order valence-corrected chi connectivity index (χ4v) is 4.75. The first-order valence-electron chi connectivity index (χ1n) is 11.1. The fourth-order valence-electron chi connectivity index (χ4n) is 4.18. The van der Waals surface area contributed by atoms with Gasteiger partial charge in [0.25, 0.3) is 0 Å². The summed E-state index contributed by atoms with van der Waals surface area (Å²) in [4.78, 5) is 36.0. The van der Waals surface area contributed by atoms with Crippen LogP contribution in [0.1, 0.15) is 43.7 Å². The maximum atomic E-state index is 12.8. The summed E-state index contributed by atoms with van der Waals surface area (Å²) in [6, 6.07) is 16.2. The Kier molecular flexibility index (Phi) is 8.38. The highest BCUT2D eigenvalue weighted by Gasteiger charge is 2.35. The summed E-state index contributed by atoms with van der Waals surface area (Å²) in [5.74, 6) is -0.792. The molecule has 2 aromatic rings. The summed E-state index contributed by atoms with van der Waals surface area (Å²) < 4.78 is 5.60. The molecule has 8 heteroatoms. The van der Waals surface area contributed by atoms with Gasteiger partial charge >= 0.3 is 12.1 Å². The highest BCUT2D eigenvalue weighted by molar-refractivity contribution is 7.99. The van der Waals surface area contributed by atoms with Crippen molar-refractivity contribution in [3.8, 4) is 11.1 Å². The quantitative estimate of drug-likeness (QED) is 0.429. The van der Waals surface area contributed by atoms with Gasteiger partial charge < -0.3 is 20.5 Å². The third-order valence-corrected chi connectivity index (χ3v) is 6.67. The van der Waals surface area contributed by atoms with Gasteiger partial charge in [-0.05, 0) is 35.6 Å². The summed E-state index contributed by atoms with van der Waals surface area (Å²) in [5.41, 5.74) is 3.43. The number of carboxylic acid groups (broad SMARTS) is 1. The molecule has 0 spiro atoms. The second-order valence-electron chi connectivity index (χ2n) is 8.23. The number of aliphatic carboxylic acids is 1. The monoisotopic (exact) mass is 470 g/mol. The molecular weight excluding hydrogens is 440 g/mol. The van der Waals surface area contributed by atoms with Gasteiger partial charge in [-0.15, -0.1) is 11.8 Å². The van der Waals surface area contributed by atoms with E-state index in [0.29, 0.717) is 25.1 Å². The molecule has 1 atom stereocenters.